The number of rotatable bonds is 10. The topological polar surface area (TPSA) is 271 Å². The van der Waals surface area contributed by atoms with Crippen molar-refractivity contribution in [2.24, 2.45) is 5.41 Å². The summed E-state index contributed by atoms with van der Waals surface area (Å²) in [5.74, 6) is -4.96. The molecule has 0 aliphatic rings. The summed E-state index contributed by atoms with van der Waals surface area (Å²) in [6, 6.07) is 2.35. The van der Waals surface area contributed by atoms with Gasteiger partial charge in [-0.1, -0.05) is 13.2 Å². The third-order valence-corrected chi connectivity index (χ3v) is 3.72. The van der Waals surface area contributed by atoms with Crippen molar-refractivity contribution in [3.63, 3.8) is 0 Å². The first kappa shape index (κ1) is 37.1. The normalized spacial score (nSPS) is 10.1. The number of carboxylic acids is 4. The fourth-order valence-corrected chi connectivity index (χ4v) is 1.57. The fraction of sp³-hybridized carbons (Fsp3) is 0.217. The van der Waals surface area contributed by atoms with Crippen LogP contribution in [0.2, 0.25) is 0 Å². The van der Waals surface area contributed by atoms with Gasteiger partial charge in [0.15, 0.2) is 0 Å². The Bertz CT molecular complexity index is 874. The Labute approximate surface area is 210 Å². The van der Waals surface area contributed by atoms with Gasteiger partial charge in [0.1, 0.15) is 11.5 Å². The Morgan fingerprint density at radius 1 is 0.622 bits per heavy atom. The summed E-state index contributed by atoms with van der Waals surface area (Å²) in [6.45, 7) is 4.30. The molecule has 1 rings (SSSR count). The minimum Gasteiger partial charge on any atom is -0.507 e. The molecule has 0 aliphatic carbocycles. The molecule has 0 atom stereocenters. The number of aliphatic hydroxyl groups is 4. The number of carboxylic acid groups (broad SMARTS) is 4. The van der Waals surface area contributed by atoms with Crippen LogP contribution in [-0.4, -0.2) is 101 Å². The van der Waals surface area contributed by atoms with Gasteiger partial charge in [0.2, 0.25) is 0 Å². The van der Waals surface area contributed by atoms with E-state index in [9.17, 15) is 29.4 Å². The van der Waals surface area contributed by atoms with Crippen molar-refractivity contribution in [1.82, 2.24) is 0 Å². The molecule has 37 heavy (non-hydrogen) atoms. The second kappa shape index (κ2) is 20.8. The molecule has 0 unspecified atom stereocenters. The summed E-state index contributed by atoms with van der Waals surface area (Å²) < 4.78 is 0. The number of phenols is 2. The van der Waals surface area contributed by atoms with Crippen molar-refractivity contribution in [2.75, 3.05) is 26.4 Å². The average Bonchev–Trinajstić information content (AvgIpc) is 2.86. The van der Waals surface area contributed by atoms with Crippen molar-refractivity contribution in [3.05, 3.63) is 60.7 Å². The van der Waals surface area contributed by atoms with E-state index < -0.39 is 55.7 Å². The van der Waals surface area contributed by atoms with E-state index in [0.29, 0.717) is 0 Å². The molecule has 0 amide bonds. The second-order valence-corrected chi connectivity index (χ2v) is 6.49. The smallest absolute Gasteiger partial charge is 0.328 e. The zero-order valence-corrected chi connectivity index (χ0v) is 19.5. The molecular weight excluding hydrogens is 500 g/mol. The van der Waals surface area contributed by atoms with Gasteiger partial charge in [-0.3, -0.25) is 0 Å². The third kappa shape index (κ3) is 18.5. The summed E-state index contributed by atoms with van der Waals surface area (Å²) in [4.78, 5) is 39.3. The number of benzene rings is 1. The zero-order chi connectivity index (χ0) is 29.6. The number of aliphatic hydroxyl groups excluding tert-OH is 4. The molecule has 0 heterocycles. The molecule has 206 valence electrons. The Balaban J connectivity index is -0.000000504. The van der Waals surface area contributed by atoms with Crippen LogP contribution in [0, 0.1) is 5.41 Å². The van der Waals surface area contributed by atoms with Gasteiger partial charge in [-0.2, -0.15) is 0 Å². The van der Waals surface area contributed by atoms with E-state index in [4.69, 9.17) is 40.9 Å². The lowest BCUT2D eigenvalue weighted by Gasteiger charge is -2.23. The maximum Gasteiger partial charge on any atom is 0.328 e. The standard InChI is InChI=1S/C12H10O6.C5H12O4.2C3H4O2/c13-9-3-4-10(14)8(2-6-12(17)18)7(9)1-5-11(15)16;6-1-5(2-7,3-8)4-9;2*1-2-3(4)5/h1-6,13-14H,(H,15,16)(H,17,18);6-9H,1-4H2;2*2H,1H2,(H,4,5). The molecule has 0 radical (unpaired) electrons. The first-order chi connectivity index (χ1) is 17.2. The van der Waals surface area contributed by atoms with Crippen LogP contribution in [0.15, 0.2) is 49.6 Å². The Kier molecular flexibility index (Phi) is 20.9. The summed E-state index contributed by atoms with van der Waals surface area (Å²) in [6.07, 6.45) is 5.34. The lowest BCUT2D eigenvalue weighted by atomic mass is 9.93. The van der Waals surface area contributed by atoms with Gasteiger partial charge < -0.3 is 51.1 Å². The largest absolute Gasteiger partial charge is 0.507 e. The minimum absolute atomic E-state index is 0.0231. The van der Waals surface area contributed by atoms with Crippen LogP contribution >= 0.6 is 0 Å². The first-order valence-electron chi connectivity index (χ1n) is 9.71. The Morgan fingerprint density at radius 2 is 0.865 bits per heavy atom. The van der Waals surface area contributed by atoms with E-state index in [1.807, 2.05) is 0 Å². The molecule has 0 fully saturated rings. The van der Waals surface area contributed by atoms with Gasteiger partial charge in [-0.05, 0) is 24.3 Å². The van der Waals surface area contributed by atoms with Gasteiger partial charge in [-0.25, -0.2) is 19.2 Å². The second-order valence-electron chi connectivity index (χ2n) is 6.49. The van der Waals surface area contributed by atoms with Crippen LogP contribution in [0.3, 0.4) is 0 Å². The van der Waals surface area contributed by atoms with Crippen LogP contribution in [0.4, 0.5) is 0 Å². The molecule has 0 saturated heterocycles. The van der Waals surface area contributed by atoms with E-state index in [1.54, 1.807) is 0 Å². The van der Waals surface area contributed by atoms with E-state index in [2.05, 4.69) is 13.2 Å². The molecule has 14 nitrogen and oxygen atoms in total. The molecule has 0 aromatic heterocycles. The molecule has 0 aliphatic heterocycles. The molecule has 0 saturated carbocycles. The third-order valence-electron chi connectivity index (χ3n) is 3.72. The monoisotopic (exact) mass is 530 g/mol. The van der Waals surface area contributed by atoms with Gasteiger partial charge in [0, 0.05) is 35.4 Å². The molecule has 14 heteroatoms. The van der Waals surface area contributed by atoms with Crippen LogP contribution in [0.1, 0.15) is 11.1 Å². The molecule has 10 N–H and O–H groups in total. The van der Waals surface area contributed by atoms with Crippen molar-refractivity contribution >= 4 is 36.0 Å². The summed E-state index contributed by atoms with van der Waals surface area (Å²) in [7, 11) is 0. The maximum atomic E-state index is 10.4. The van der Waals surface area contributed by atoms with Crippen LogP contribution in [-0.2, 0) is 19.2 Å². The zero-order valence-electron chi connectivity index (χ0n) is 19.5. The van der Waals surface area contributed by atoms with Crippen molar-refractivity contribution in [2.45, 2.75) is 0 Å². The van der Waals surface area contributed by atoms with Crippen LogP contribution in [0.25, 0.3) is 12.2 Å². The lowest BCUT2D eigenvalue weighted by Crippen LogP contribution is -2.37. The Morgan fingerprint density at radius 3 is 1.00 bits per heavy atom. The van der Waals surface area contributed by atoms with Crippen LogP contribution < -0.4 is 0 Å². The summed E-state index contributed by atoms with van der Waals surface area (Å²) in [5, 5.41) is 85.3. The van der Waals surface area contributed by atoms with Gasteiger partial charge in [0.05, 0.1) is 31.8 Å². The number of hydrogen-bond donors (Lipinski definition) is 10. The highest BCUT2D eigenvalue weighted by molar-refractivity contribution is 5.90. The molecular formula is C23H30O14. The van der Waals surface area contributed by atoms with Crippen molar-refractivity contribution in [3.8, 4) is 11.5 Å². The predicted octanol–water partition coefficient (Wildman–Crippen LogP) is -0.251. The predicted molar refractivity (Wildman–Crippen MR) is 130 cm³/mol. The Hall–Kier alpha value is -4.50. The van der Waals surface area contributed by atoms with E-state index >= 15 is 0 Å². The number of aliphatic carboxylic acids is 4. The first-order valence-corrected chi connectivity index (χ1v) is 9.71. The highest BCUT2D eigenvalue weighted by Gasteiger charge is 2.26. The summed E-state index contributed by atoms with van der Waals surface area (Å²) >= 11 is 0. The highest BCUT2D eigenvalue weighted by Crippen LogP contribution is 2.31. The molecule has 1 aromatic rings. The molecule has 1 aromatic carbocycles. The average molecular weight is 530 g/mol. The lowest BCUT2D eigenvalue weighted by molar-refractivity contribution is -0.132. The van der Waals surface area contributed by atoms with E-state index in [1.165, 1.54) is 12.1 Å². The van der Waals surface area contributed by atoms with Gasteiger partial charge >= 0.3 is 23.9 Å². The number of phenolic OH excluding ortho intramolecular Hbond substituents is 2. The van der Waals surface area contributed by atoms with E-state index in [-0.39, 0.29) is 22.6 Å². The van der Waals surface area contributed by atoms with Crippen molar-refractivity contribution in [1.29, 1.82) is 0 Å². The van der Waals surface area contributed by atoms with Gasteiger partial charge in [-0.15, -0.1) is 0 Å². The van der Waals surface area contributed by atoms with E-state index in [0.717, 1.165) is 36.5 Å². The fourth-order valence-electron chi connectivity index (χ4n) is 1.57. The highest BCUT2D eigenvalue weighted by atomic mass is 16.4. The summed E-state index contributed by atoms with van der Waals surface area (Å²) in [5.41, 5.74) is -1.06. The molecule has 0 spiro atoms. The molecule has 0 bridgehead atoms. The van der Waals surface area contributed by atoms with Gasteiger partial charge in [0.25, 0.3) is 0 Å². The quantitative estimate of drug-likeness (QED) is 0.138. The van der Waals surface area contributed by atoms with Crippen molar-refractivity contribution < 1.29 is 70.2 Å². The van der Waals surface area contributed by atoms with Crippen LogP contribution in [0.5, 0.6) is 11.5 Å². The number of carbonyl (C=O) groups is 4. The number of hydrogen-bond acceptors (Lipinski definition) is 10. The maximum absolute atomic E-state index is 10.4. The minimum atomic E-state index is -1.23. The SMILES string of the molecule is C=CC(=O)O.C=CC(=O)O.O=C(O)C=Cc1c(O)ccc(O)c1C=CC(=O)O.OCC(CO)(CO)CO. The number of aromatic hydroxyl groups is 2.